The molecular weight excluding hydrogens is 202 g/mol. The highest BCUT2D eigenvalue weighted by Gasteiger charge is 2.20. The van der Waals surface area contributed by atoms with Gasteiger partial charge in [-0.25, -0.2) is 4.79 Å². The SMILES string of the molecule is CC(NC(=O)NC1CCC1)c1ccccn1. The Kier molecular flexibility index (Phi) is 3.39. The number of pyridine rings is 1. The van der Waals surface area contributed by atoms with E-state index in [9.17, 15) is 4.79 Å². The van der Waals surface area contributed by atoms with Gasteiger partial charge in [0.05, 0.1) is 11.7 Å². The number of nitrogens with zero attached hydrogens (tertiary/aromatic N) is 1. The van der Waals surface area contributed by atoms with Gasteiger partial charge in [0.15, 0.2) is 0 Å². The standard InChI is InChI=1S/C12H17N3O/c1-9(11-7-2-3-8-13-11)14-12(16)15-10-5-4-6-10/h2-3,7-10H,4-6H2,1H3,(H2,14,15,16). The van der Waals surface area contributed by atoms with E-state index >= 15 is 0 Å². The molecule has 0 spiro atoms. The van der Waals surface area contributed by atoms with Gasteiger partial charge in [-0.2, -0.15) is 0 Å². The minimum Gasteiger partial charge on any atom is -0.335 e. The molecule has 1 unspecified atom stereocenters. The molecule has 1 aromatic heterocycles. The van der Waals surface area contributed by atoms with Gasteiger partial charge >= 0.3 is 6.03 Å². The van der Waals surface area contributed by atoms with Crippen LogP contribution in [0.15, 0.2) is 24.4 Å². The van der Waals surface area contributed by atoms with Crippen molar-refractivity contribution in [2.24, 2.45) is 0 Å². The van der Waals surface area contributed by atoms with Gasteiger partial charge in [-0.15, -0.1) is 0 Å². The summed E-state index contributed by atoms with van der Waals surface area (Å²) in [4.78, 5) is 15.8. The van der Waals surface area contributed by atoms with Crippen molar-refractivity contribution in [2.45, 2.75) is 38.3 Å². The highest BCUT2D eigenvalue weighted by Crippen LogP contribution is 2.18. The number of carbonyl (C=O) groups excluding carboxylic acids is 1. The van der Waals surface area contributed by atoms with Gasteiger partial charge in [-0.05, 0) is 38.3 Å². The Morgan fingerprint density at radius 3 is 2.88 bits per heavy atom. The van der Waals surface area contributed by atoms with E-state index in [1.54, 1.807) is 6.20 Å². The maximum absolute atomic E-state index is 11.6. The summed E-state index contributed by atoms with van der Waals surface area (Å²) in [5.74, 6) is 0. The number of hydrogen-bond donors (Lipinski definition) is 2. The average Bonchev–Trinajstić information content (AvgIpc) is 2.25. The zero-order valence-electron chi connectivity index (χ0n) is 9.44. The molecule has 1 heterocycles. The van der Waals surface area contributed by atoms with Crippen LogP contribution in [0.2, 0.25) is 0 Å². The Morgan fingerprint density at radius 1 is 1.50 bits per heavy atom. The zero-order chi connectivity index (χ0) is 11.4. The van der Waals surface area contributed by atoms with Crippen LogP contribution in [0.25, 0.3) is 0 Å². The molecule has 0 radical (unpaired) electrons. The first-order valence-corrected chi connectivity index (χ1v) is 5.73. The third-order valence-electron chi connectivity index (χ3n) is 2.92. The van der Waals surface area contributed by atoms with Gasteiger partial charge in [-0.3, -0.25) is 4.98 Å². The molecule has 2 amide bonds. The molecule has 1 aliphatic rings. The largest absolute Gasteiger partial charge is 0.335 e. The smallest absolute Gasteiger partial charge is 0.315 e. The average molecular weight is 219 g/mol. The van der Waals surface area contributed by atoms with Crippen molar-refractivity contribution in [3.8, 4) is 0 Å². The van der Waals surface area contributed by atoms with Crippen molar-refractivity contribution < 1.29 is 4.79 Å². The monoisotopic (exact) mass is 219 g/mol. The molecule has 16 heavy (non-hydrogen) atoms. The molecule has 0 aliphatic heterocycles. The summed E-state index contributed by atoms with van der Waals surface area (Å²) in [5, 5.41) is 5.82. The topological polar surface area (TPSA) is 54.0 Å². The van der Waals surface area contributed by atoms with E-state index in [0.29, 0.717) is 6.04 Å². The normalized spacial score (nSPS) is 17.3. The lowest BCUT2D eigenvalue weighted by Gasteiger charge is -2.27. The Morgan fingerprint density at radius 2 is 2.31 bits per heavy atom. The summed E-state index contributed by atoms with van der Waals surface area (Å²) in [7, 11) is 0. The highest BCUT2D eigenvalue weighted by atomic mass is 16.2. The van der Waals surface area contributed by atoms with E-state index in [2.05, 4.69) is 15.6 Å². The molecule has 0 saturated heterocycles. The summed E-state index contributed by atoms with van der Waals surface area (Å²) < 4.78 is 0. The lowest BCUT2D eigenvalue weighted by Crippen LogP contribution is -2.45. The second-order valence-corrected chi connectivity index (χ2v) is 4.22. The van der Waals surface area contributed by atoms with Crippen LogP contribution in [0.4, 0.5) is 4.79 Å². The molecule has 86 valence electrons. The van der Waals surface area contributed by atoms with Gasteiger partial charge in [0.25, 0.3) is 0 Å². The summed E-state index contributed by atoms with van der Waals surface area (Å²) in [6.45, 7) is 1.93. The predicted octanol–water partition coefficient (Wildman–Crippen LogP) is 1.99. The molecule has 2 rings (SSSR count). The first-order valence-electron chi connectivity index (χ1n) is 5.73. The Labute approximate surface area is 95.5 Å². The van der Waals surface area contributed by atoms with Crippen LogP contribution in [-0.2, 0) is 0 Å². The number of nitrogens with one attached hydrogen (secondary N) is 2. The van der Waals surface area contributed by atoms with Crippen molar-refractivity contribution >= 4 is 6.03 Å². The van der Waals surface area contributed by atoms with Gasteiger partial charge in [0.2, 0.25) is 0 Å². The summed E-state index contributed by atoms with van der Waals surface area (Å²) in [6.07, 6.45) is 5.16. The van der Waals surface area contributed by atoms with Gasteiger partial charge in [0.1, 0.15) is 0 Å². The predicted molar refractivity (Wildman–Crippen MR) is 62.0 cm³/mol. The van der Waals surface area contributed by atoms with Crippen LogP contribution in [0.3, 0.4) is 0 Å². The lowest BCUT2D eigenvalue weighted by atomic mass is 9.93. The minimum absolute atomic E-state index is 0.0544. The Bertz CT molecular complexity index is 349. The van der Waals surface area contributed by atoms with Crippen molar-refractivity contribution in [3.63, 3.8) is 0 Å². The second-order valence-electron chi connectivity index (χ2n) is 4.22. The molecule has 4 heteroatoms. The summed E-state index contributed by atoms with van der Waals surface area (Å²) >= 11 is 0. The maximum Gasteiger partial charge on any atom is 0.315 e. The van der Waals surface area contributed by atoms with E-state index in [1.165, 1.54) is 6.42 Å². The lowest BCUT2D eigenvalue weighted by molar-refractivity contribution is 0.225. The van der Waals surface area contributed by atoms with E-state index in [-0.39, 0.29) is 12.1 Å². The third kappa shape index (κ3) is 2.72. The van der Waals surface area contributed by atoms with Crippen LogP contribution >= 0.6 is 0 Å². The molecule has 1 fully saturated rings. The molecule has 4 nitrogen and oxygen atoms in total. The first kappa shape index (κ1) is 10.9. The van der Waals surface area contributed by atoms with Crippen LogP contribution in [-0.4, -0.2) is 17.1 Å². The number of urea groups is 1. The second kappa shape index (κ2) is 4.96. The van der Waals surface area contributed by atoms with Crippen molar-refractivity contribution in [3.05, 3.63) is 30.1 Å². The number of rotatable bonds is 3. The third-order valence-corrected chi connectivity index (χ3v) is 2.92. The van der Waals surface area contributed by atoms with Crippen molar-refractivity contribution in [2.75, 3.05) is 0 Å². The van der Waals surface area contributed by atoms with E-state index in [0.717, 1.165) is 18.5 Å². The molecule has 0 aromatic carbocycles. The number of hydrogen-bond acceptors (Lipinski definition) is 2. The molecule has 1 saturated carbocycles. The Balaban J connectivity index is 1.82. The van der Waals surface area contributed by atoms with Gasteiger partial charge in [0, 0.05) is 12.2 Å². The molecule has 2 N–H and O–H groups in total. The van der Waals surface area contributed by atoms with Crippen molar-refractivity contribution in [1.82, 2.24) is 15.6 Å². The van der Waals surface area contributed by atoms with Gasteiger partial charge in [-0.1, -0.05) is 6.07 Å². The quantitative estimate of drug-likeness (QED) is 0.817. The van der Waals surface area contributed by atoms with Gasteiger partial charge < -0.3 is 10.6 Å². The van der Waals surface area contributed by atoms with Crippen LogP contribution < -0.4 is 10.6 Å². The molecule has 1 aliphatic carbocycles. The molecule has 1 atom stereocenters. The number of amides is 2. The first-order chi connectivity index (χ1) is 7.75. The summed E-state index contributed by atoms with van der Waals surface area (Å²) in [5.41, 5.74) is 0.881. The highest BCUT2D eigenvalue weighted by molar-refractivity contribution is 5.74. The van der Waals surface area contributed by atoms with E-state index in [1.807, 2.05) is 25.1 Å². The van der Waals surface area contributed by atoms with E-state index < -0.39 is 0 Å². The fourth-order valence-corrected chi connectivity index (χ4v) is 1.68. The molecular formula is C12H17N3O. The fraction of sp³-hybridized carbons (Fsp3) is 0.500. The Hall–Kier alpha value is -1.58. The van der Waals surface area contributed by atoms with Crippen LogP contribution in [0.1, 0.15) is 37.9 Å². The summed E-state index contributed by atoms with van der Waals surface area (Å²) in [6, 6.07) is 5.92. The maximum atomic E-state index is 11.6. The number of carbonyl (C=O) groups is 1. The van der Waals surface area contributed by atoms with Crippen LogP contribution in [0.5, 0.6) is 0 Å². The number of aromatic nitrogens is 1. The molecule has 0 bridgehead atoms. The fourth-order valence-electron chi connectivity index (χ4n) is 1.68. The van der Waals surface area contributed by atoms with E-state index in [4.69, 9.17) is 0 Å². The zero-order valence-corrected chi connectivity index (χ0v) is 9.44. The minimum atomic E-state index is -0.0946. The van der Waals surface area contributed by atoms with Crippen molar-refractivity contribution in [1.29, 1.82) is 0 Å². The van der Waals surface area contributed by atoms with Crippen LogP contribution in [0, 0.1) is 0 Å². The molecule has 1 aromatic rings.